The molecule has 0 bridgehead atoms. The molecule has 0 amide bonds. The number of unbranched alkanes of at least 4 members (excludes halogenated alkanes) is 1. The first-order valence-electron chi connectivity index (χ1n) is 5.09. The molecule has 0 aliphatic carbocycles. The normalized spacial score (nSPS) is 10.1. The molecule has 14 heavy (non-hydrogen) atoms. The van der Waals surface area contributed by atoms with Gasteiger partial charge in [-0.25, -0.2) is 4.98 Å². The van der Waals surface area contributed by atoms with E-state index in [4.69, 9.17) is 4.74 Å². The van der Waals surface area contributed by atoms with Gasteiger partial charge in [0, 0.05) is 18.8 Å². The van der Waals surface area contributed by atoms with Crippen molar-refractivity contribution < 1.29 is 4.74 Å². The quantitative estimate of drug-likeness (QED) is 0.703. The van der Waals surface area contributed by atoms with Crippen molar-refractivity contribution in [2.45, 2.75) is 26.3 Å². The van der Waals surface area contributed by atoms with Crippen molar-refractivity contribution in [2.24, 2.45) is 0 Å². The zero-order valence-corrected chi connectivity index (χ0v) is 8.92. The first kappa shape index (κ1) is 11.0. The number of hydrogen-bond acceptors (Lipinski definition) is 3. The molecule has 0 fully saturated rings. The van der Waals surface area contributed by atoms with E-state index in [1.54, 1.807) is 6.20 Å². The van der Waals surface area contributed by atoms with Crippen LogP contribution in [0.2, 0.25) is 0 Å². The van der Waals surface area contributed by atoms with E-state index >= 15 is 0 Å². The summed E-state index contributed by atoms with van der Waals surface area (Å²) in [6.45, 7) is 3.76. The van der Waals surface area contributed by atoms with Crippen LogP contribution < -0.4 is 10.1 Å². The molecular formula is C11H18N2O. The van der Waals surface area contributed by atoms with Gasteiger partial charge in [0.15, 0.2) is 0 Å². The second kappa shape index (κ2) is 6.38. The van der Waals surface area contributed by atoms with Crippen molar-refractivity contribution in [1.82, 2.24) is 10.3 Å². The lowest BCUT2D eigenvalue weighted by atomic mass is 10.2. The van der Waals surface area contributed by atoms with Gasteiger partial charge < -0.3 is 10.1 Å². The number of pyridine rings is 1. The van der Waals surface area contributed by atoms with Crippen LogP contribution in [0, 0.1) is 0 Å². The highest BCUT2D eigenvalue weighted by atomic mass is 16.5. The van der Waals surface area contributed by atoms with Gasteiger partial charge in [0.05, 0.1) is 6.61 Å². The van der Waals surface area contributed by atoms with E-state index in [9.17, 15) is 0 Å². The minimum Gasteiger partial charge on any atom is -0.478 e. The van der Waals surface area contributed by atoms with Crippen LogP contribution in [0.4, 0.5) is 0 Å². The summed E-state index contributed by atoms with van der Waals surface area (Å²) in [6, 6.07) is 3.97. The average Bonchev–Trinajstić information content (AvgIpc) is 2.19. The van der Waals surface area contributed by atoms with E-state index in [0.29, 0.717) is 0 Å². The number of ether oxygens (including phenoxy) is 1. The zero-order chi connectivity index (χ0) is 10.2. The molecule has 78 valence electrons. The van der Waals surface area contributed by atoms with Gasteiger partial charge in [-0.2, -0.15) is 0 Å². The molecule has 1 aromatic heterocycles. The van der Waals surface area contributed by atoms with Crippen LogP contribution in [0.5, 0.6) is 5.88 Å². The Balaban J connectivity index is 2.46. The Morgan fingerprint density at radius 1 is 1.50 bits per heavy atom. The summed E-state index contributed by atoms with van der Waals surface area (Å²) >= 11 is 0. The Hall–Kier alpha value is -1.09. The van der Waals surface area contributed by atoms with E-state index in [-0.39, 0.29) is 0 Å². The van der Waals surface area contributed by atoms with Crippen LogP contribution in [0.3, 0.4) is 0 Å². The van der Waals surface area contributed by atoms with Gasteiger partial charge in [-0.15, -0.1) is 0 Å². The molecule has 0 saturated heterocycles. The number of nitrogens with one attached hydrogen (secondary N) is 1. The van der Waals surface area contributed by atoms with E-state index in [2.05, 4.69) is 17.2 Å². The smallest absolute Gasteiger partial charge is 0.213 e. The molecule has 3 heteroatoms. The number of nitrogens with zero attached hydrogens (tertiary/aromatic N) is 1. The SMILES string of the molecule is CCCCOc1cc(CNC)ccn1. The molecule has 0 saturated carbocycles. The van der Waals surface area contributed by atoms with Gasteiger partial charge in [-0.1, -0.05) is 13.3 Å². The highest BCUT2D eigenvalue weighted by molar-refractivity contribution is 5.20. The molecule has 0 aliphatic rings. The lowest BCUT2D eigenvalue weighted by molar-refractivity contribution is 0.297. The fourth-order valence-electron chi connectivity index (χ4n) is 1.16. The second-order valence-corrected chi connectivity index (χ2v) is 3.23. The molecule has 1 rings (SSSR count). The fraction of sp³-hybridized carbons (Fsp3) is 0.545. The Morgan fingerprint density at radius 3 is 3.07 bits per heavy atom. The summed E-state index contributed by atoms with van der Waals surface area (Å²) in [5.74, 6) is 0.728. The predicted octanol–water partition coefficient (Wildman–Crippen LogP) is 1.98. The minimum atomic E-state index is 0.728. The maximum Gasteiger partial charge on any atom is 0.213 e. The van der Waals surface area contributed by atoms with Gasteiger partial charge in [0.2, 0.25) is 5.88 Å². The first-order valence-corrected chi connectivity index (χ1v) is 5.09. The average molecular weight is 194 g/mol. The lowest BCUT2D eigenvalue weighted by Gasteiger charge is -2.05. The first-order chi connectivity index (χ1) is 6.86. The van der Waals surface area contributed by atoms with E-state index in [1.165, 1.54) is 5.56 Å². The molecule has 0 atom stereocenters. The third-order valence-electron chi connectivity index (χ3n) is 1.93. The monoisotopic (exact) mass is 194 g/mol. The molecule has 3 nitrogen and oxygen atoms in total. The number of rotatable bonds is 6. The van der Waals surface area contributed by atoms with Crippen molar-refractivity contribution in [3.8, 4) is 5.88 Å². The highest BCUT2D eigenvalue weighted by Crippen LogP contribution is 2.09. The second-order valence-electron chi connectivity index (χ2n) is 3.23. The molecule has 1 N–H and O–H groups in total. The summed E-state index contributed by atoms with van der Waals surface area (Å²) < 4.78 is 5.49. The predicted molar refractivity (Wildman–Crippen MR) is 57.4 cm³/mol. The summed E-state index contributed by atoms with van der Waals surface area (Å²) in [6.07, 6.45) is 4.02. The van der Waals surface area contributed by atoms with E-state index in [0.717, 1.165) is 31.9 Å². The van der Waals surface area contributed by atoms with Gasteiger partial charge in [0.25, 0.3) is 0 Å². The summed E-state index contributed by atoms with van der Waals surface area (Å²) in [5.41, 5.74) is 1.20. The molecule has 1 heterocycles. The molecule has 0 aliphatic heterocycles. The van der Waals surface area contributed by atoms with Crippen LogP contribution in [0.1, 0.15) is 25.3 Å². The Kier molecular flexibility index (Phi) is 5.00. The Morgan fingerprint density at radius 2 is 2.36 bits per heavy atom. The summed E-state index contributed by atoms with van der Waals surface area (Å²) in [7, 11) is 1.93. The molecule has 0 aromatic carbocycles. The standard InChI is InChI=1S/C11H18N2O/c1-3-4-7-14-11-8-10(9-12-2)5-6-13-11/h5-6,8,12H,3-4,7,9H2,1-2H3. The fourth-order valence-corrected chi connectivity index (χ4v) is 1.16. The van der Waals surface area contributed by atoms with Crippen LogP contribution in [-0.4, -0.2) is 18.6 Å². The maximum absolute atomic E-state index is 5.49. The van der Waals surface area contributed by atoms with Crippen LogP contribution in [-0.2, 0) is 6.54 Å². The molecular weight excluding hydrogens is 176 g/mol. The van der Waals surface area contributed by atoms with E-state index < -0.39 is 0 Å². The summed E-state index contributed by atoms with van der Waals surface area (Å²) in [5, 5.41) is 3.10. The molecule has 0 spiro atoms. The van der Waals surface area contributed by atoms with Crippen molar-refractivity contribution in [3.05, 3.63) is 23.9 Å². The Labute approximate surface area is 85.5 Å². The minimum absolute atomic E-state index is 0.728. The summed E-state index contributed by atoms with van der Waals surface area (Å²) in [4.78, 5) is 4.14. The van der Waals surface area contributed by atoms with Crippen molar-refractivity contribution in [1.29, 1.82) is 0 Å². The van der Waals surface area contributed by atoms with Crippen molar-refractivity contribution in [3.63, 3.8) is 0 Å². The zero-order valence-electron chi connectivity index (χ0n) is 8.92. The maximum atomic E-state index is 5.49. The number of hydrogen-bond donors (Lipinski definition) is 1. The molecule has 0 unspecified atom stereocenters. The van der Waals surface area contributed by atoms with Gasteiger partial charge in [0.1, 0.15) is 0 Å². The Bertz CT molecular complexity index is 263. The molecule has 0 radical (unpaired) electrons. The van der Waals surface area contributed by atoms with Gasteiger partial charge in [-0.05, 0) is 25.1 Å². The van der Waals surface area contributed by atoms with Gasteiger partial charge in [-0.3, -0.25) is 0 Å². The van der Waals surface area contributed by atoms with Crippen LogP contribution in [0.25, 0.3) is 0 Å². The largest absolute Gasteiger partial charge is 0.478 e. The third kappa shape index (κ3) is 3.75. The van der Waals surface area contributed by atoms with Crippen molar-refractivity contribution >= 4 is 0 Å². The third-order valence-corrected chi connectivity index (χ3v) is 1.93. The number of aromatic nitrogens is 1. The van der Waals surface area contributed by atoms with Crippen LogP contribution in [0.15, 0.2) is 18.3 Å². The topological polar surface area (TPSA) is 34.1 Å². The lowest BCUT2D eigenvalue weighted by Crippen LogP contribution is -2.06. The molecule has 1 aromatic rings. The van der Waals surface area contributed by atoms with Crippen LogP contribution >= 0.6 is 0 Å². The highest BCUT2D eigenvalue weighted by Gasteiger charge is 1.96. The van der Waals surface area contributed by atoms with E-state index in [1.807, 2.05) is 19.2 Å². The van der Waals surface area contributed by atoms with Gasteiger partial charge >= 0.3 is 0 Å². The van der Waals surface area contributed by atoms with Crippen molar-refractivity contribution in [2.75, 3.05) is 13.7 Å².